The van der Waals surface area contributed by atoms with Gasteiger partial charge < -0.3 is 19.2 Å². The van der Waals surface area contributed by atoms with E-state index >= 15 is 0 Å². The zero-order valence-electron chi connectivity index (χ0n) is 19.5. The molecule has 0 bridgehead atoms. The van der Waals surface area contributed by atoms with Gasteiger partial charge in [-0.1, -0.05) is 12.1 Å². The van der Waals surface area contributed by atoms with Gasteiger partial charge in [-0.25, -0.2) is 14.4 Å². The summed E-state index contributed by atoms with van der Waals surface area (Å²) in [6.45, 7) is 6.95. The van der Waals surface area contributed by atoms with Crippen LogP contribution in [0.2, 0.25) is 0 Å². The largest absolute Gasteiger partial charge is 0.467 e. The summed E-state index contributed by atoms with van der Waals surface area (Å²) in [6, 6.07) is 9.98. The topological polar surface area (TPSA) is 120 Å². The second-order valence-corrected chi connectivity index (χ2v) is 9.86. The lowest BCUT2D eigenvalue weighted by Gasteiger charge is -2.20. The Hall–Kier alpha value is -3.15. The minimum atomic E-state index is -0.813. The van der Waals surface area contributed by atoms with Crippen LogP contribution < -0.4 is 16.3 Å². The number of ether oxygens (including phenoxy) is 2. The number of nitrogens with one attached hydrogen (secondary N) is 2. The standard InChI is InChI=1S/C24H26IN3O6/c1-13-16(28-23(31)34-24(2,3)4)10-11-17-19(13)21(30)33-22(26-17)27-18(20(29)32-5)12-14-6-8-15(25)9-7-14/h6-11,18H,12H2,1-5H3,(H,26,27)(H,28,31)/t18-/m0/s1. The van der Waals surface area contributed by atoms with Crippen molar-refractivity contribution in [3.8, 4) is 0 Å². The van der Waals surface area contributed by atoms with Crippen LogP contribution in [0.25, 0.3) is 10.9 Å². The molecule has 34 heavy (non-hydrogen) atoms. The Morgan fingerprint density at radius 1 is 1.15 bits per heavy atom. The van der Waals surface area contributed by atoms with Crippen molar-refractivity contribution < 1.29 is 23.5 Å². The third kappa shape index (κ3) is 6.46. The van der Waals surface area contributed by atoms with Crippen LogP contribution in [0.1, 0.15) is 31.9 Å². The average Bonchev–Trinajstić information content (AvgIpc) is 2.74. The summed E-state index contributed by atoms with van der Waals surface area (Å²) < 4.78 is 16.6. The lowest BCUT2D eigenvalue weighted by molar-refractivity contribution is -0.141. The monoisotopic (exact) mass is 579 g/mol. The van der Waals surface area contributed by atoms with Crippen LogP contribution in [0, 0.1) is 10.5 Å². The van der Waals surface area contributed by atoms with E-state index in [4.69, 9.17) is 13.9 Å². The van der Waals surface area contributed by atoms with Crippen LogP contribution in [0.4, 0.5) is 16.5 Å². The smallest absolute Gasteiger partial charge is 0.412 e. The number of carbonyl (C=O) groups is 2. The molecule has 2 N–H and O–H groups in total. The first-order valence-electron chi connectivity index (χ1n) is 10.5. The van der Waals surface area contributed by atoms with Crippen molar-refractivity contribution in [3.63, 3.8) is 0 Å². The van der Waals surface area contributed by atoms with Gasteiger partial charge in [0, 0.05) is 15.7 Å². The predicted octanol–water partition coefficient (Wildman–Crippen LogP) is 4.64. The molecule has 2 aromatic carbocycles. The van der Waals surface area contributed by atoms with Crippen molar-refractivity contribution >= 4 is 57.3 Å². The summed E-state index contributed by atoms with van der Waals surface area (Å²) in [5.74, 6) is -0.517. The maximum absolute atomic E-state index is 12.8. The molecule has 1 amide bonds. The molecule has 1 aromatic heterocycles. The summed E-state index contributed by atoms with van der Waals surface area (Å²) in [4.78, 5) is 41.6. The van der Waals surface area contributed by atoms with Gasteiger partial charge in [0.15, 0.2) is 0 Å². The highest BCUT2D eigenvalue weighted by Gasteiger charge is 2.23. The third-order valence-electron chi connectivity index (χ3n) is 4.83. The number of methoxy groups -OCH3 is 1. The molecule has 3 rings (SSSR count). The Labute approximate surface area is 210 Å². The highest BCUT2D eigenvalue weighted by Crippen LogP contribution is 2.24. The molecular formula is C24H26IN3O6. The van der Waals surface area contributed by atoms with E-state index in [-0.39, 0.29) is 11.4 Å². The van der Waals surface area contributed by atoms with E-state index < -0.39 is 29.3 Å². The summed E-state index contributed by atoms with van der Waals surface area (Å²) in [6.07, 6.45) is -0.327. The van der Waals surface area contributed by atoms with Crippen molar-refractivity contribution in [2.45, 2.75) is 45.8 Å². The van der Waals surface area contributed by atoms with E-state index in [1.165, 1.54) is 7.11 Å². The molecule has 0 unspecified atom stereocenters. The van der Waals surface area contributed by atoms with E-state index in [1.807, 2.05) is 24.3 Å². The number of amides is 1. The van der Waals surface area contributed by atoms with Gasteiger partial charge in [-0.3, -0.25) is 5.32 Å². The Morgan fingerprint density at radius 3 is 2.44 bits per heavy atom. The molecule has 1 heterocycles. The fourth-order valence-corrected chi connectivity index (χ4v) is 3.63. The number of rotatable bonds is 6. The molecule has 180 valence electrons. The Morgan fingerprint density at radius 2 is 1.82 bits per heavy atom. The first-order valence-corrected chi connectivity index (χ1v) is 11.6. The van der Waals surface area contributed by atoms with Gasteiger partial charge in [-0.2, -0.15) is 4.98 Å². The maximum atomic E-state index is 12.8. The van der Waals surface area contributed by atoms with Crippen molar-refractivity contribution in [2.75, 3.05) is 17.7 Å². The number of nitrogens with zero attached hydrogens (tertiary/aromatic N) is 1. The van der Waals surface area contributed by atoms with E-state index in [2.05, 4.69) is 38.2 Å². The summed E-state index contributed by atoms with van der Waals surface area (Å²) in [7, 11) is 1.29. The molecule has 0 aliphatic carbocycles. The Bertz CT molecular complexity index is 1260. The van der Waals surface area contributed by atoms with Gasteiger partial charge in [0.05, 0.1) is 18.0 Å². The molecule has 0 aliphatic heterocycles. The number of hydrogen-bond acceptors (Lipinski definition) is 8. The highest BCUT2D eigenvalue weighted by atomic mass is 127. The lowest BCUT2D eigenvalue weighted by Crippen LogP contribution is -2.33. The number of aryl methyl sites for hydroxylation is 1. The number of hydrogen-bond donors (Lipinski definition) is 2. The lowest BCUT2D eigenvalue weighted by atomic mass is 10.1. The summed E-state index contributed by atoms with van der Waals surface area (Å²) in [5.41, 5.74) is 0.826. The van der Waals surface area contributed by atoms with E-state index in [0.29, 0.717) is 23.2 Å². The van der Waals surface area contributed by atoms with Gasteiger partial charge in [0.1, 0.15) is 11.6 Å². The van der Waals surface area contributed by atoms with E-state index in [1.54, 1.807) is 39.8 Å². The number of esters is 1. The molecule has 10 heteroatoms. The predicted molar refractivity (Wildman–Crippen MR) is 137 cm³/mol. The number of fused-ring (bicyclic) bond motifs is 1. The second kappa shape index (κ2) is 10.4. The zero-order chi connectivity index (χ0) is 25.0. The van der Waals surface area contributed by atoms with Crippen molar-refractivity contribution in [1.82, 2.24) is 4.98 Å². The van der Waals surface area contributed by atoms with E-state index in [9.17, 15) is 14.4 Å². The average molecular weight is 579 g/mol. The van der Waals surface area contributed by atoms with Gasteiger partial charge in [-0.05, 0) is 85.7 Å². The fraction of sp³-hybridized carbons (Fsp3) is 0.333. The summed E-state index contributed by atoms with van der Waals surface area (Å²) >= 11 is 2.20. The molecule has 0 aliphatic rings. The molecule has 0 spiro atoms. The Balaban J connectivity index is 1.88. The van der Waals surface area contributed by atoms with Gasteiger partial charge in [0.25, 0.3) is 6.01 Å². The van der Waals surface area contributed by atoms with Crippen LogP contribution in [0.15, 0.2) is 45.6 Å². The highest BCUT2D eigenvalue weighted by molar-refractivity contribution is 14.1. The second-order valence-electron chi connectivity index (χ2n) is 8.62. The first-order chi connectivity index (χ1) is 16.0. The molecule has 0 radical (unpaired) electrons. The number of benzene rings is 2. The molecule has 0 fully saturated rings. The first kappa shape index (κ1) is 25.5. The number of halogens is 1. The molecule has 0 saturated heterocycles. The van der Waals surface area contributed by atoms with Crippen molar-refractivity contribution in [3.05, 3.63) is 61.5 Å². The Kier molecular flexibility index (Phi) is 7.80. The minimum absolute atomic E-state index is 0.106. The SMILES string of the molecule is COC(=O)[C@H](Cc1ccc(I)cc1)Nc1nc2ccc(NC(=O)OC(C)(C)C)c(C)c2c(=O)o1. The van der Waals surface area contributed by atoms with Crippen LogP contribution >= 0.6 is 22.6 Å². The van der Waals surface area contributed by atoms with Crippen LogP contribution in [0.3, 0.4) is 0 Å². The van der Waals surface area contributed by atoms with Gasteiger partial charge in [0.2, 0.25) is 0 Å². The molecular weight excluding hydrogens is 553 g/mol. The van der Waals surface area contributed by atoms with Crippen LogP contribution in [-0.4, -0.2) is 35.8 Å². The van der Waals surface area contributed by atoms with Crippen LogP contribution in [-0.2, 0) is 20.7 Å². The summed E-state index contributed by atoms with van der Waals surface area (Å²) in [5, 5.41) is 5.73. The number of anilines is 2. The zero-order valence-corrected chi connectivity index (χ0v) is 21.7. The van der Waals surface area contributed by atoms with Crippen molar-refractivity contribution in [1.29, 1.82) is 0 Å². The van der Waals surface area contributed by atoms with Gasteiger partial charge in [-0.15, -0.1) is 0 Å². The third-order valence-corrected chi connectivity index (χ3v) is 5.55. The fourth-order valence-electron chi connectivity index (χ4n) is 3.27. The molecule has 0 saturated carbocycles. The van der Waals surface area contributed by atoms with Gasteiger partial charge >= 0.3 is 17.7 Å². The molecule has 9 nitrogen and oxygen atoms in total. The quantitative estimate of drug-likeness (QED) is 0.320. The maximum Gasteiger partial charge on any atom is 0.412 e. The number of carbonyl (C=O) groups excluding carboxylic acids is 2. The minimum Gasteiger partial charge on any atom is -0.467 e. The molecule has 1 atom stereocenters. The number of aromatic nitrogens is 1. The van der Waals surface area contributed by atoms with E-state index in [0.717, 1.165) is 9.13 Å². The normalized spacial score (nSPS) is 12.2. The van der Waals surface area contributed by atoms with Crippen molar-refractivity contribution in [2.24, 2.45) is 0 Å². The molecule has 3 aromatic rings. The van der Waals surface area contributed by atoms with Crippen LogP contribution in [0.5, 0.6) is 0 Å².